The van der Waals surface area contributed by atoms with Gasteiger partial charge in [-0.05, 0) is 47.9 Å². The molecular formula is C20H16N2O3. The van der Waals surface area contributed by atoms with E-state index in [9.17, 15) is 4.79 Å². The fraction of sp³-hybridized carbons (Fsp3) is 0.150. The van der Waals surface area contributed by atoms with Crippen molar-refractivity contribution < 1.29 is 14.3 Å². The molecule has 25 heavy (non-hydrogen) atoms. The average molecular weight is 332 g/mol. The molecule has 124 valence electrons. The molecule has 0 atom stereocenters. The quantitative estimate of drug-likeness (QED) is 0.458. The molecule has 2 aromatic rings. The third kappa shape index (κ3) is 5.53. The predicted molar refractivity (Wildman–Crippen MR) is 92.6 cm³/mol. The third-order valence-electron chi connectivity index (χ3n) is 3.33. The van der Waals surface area contributed by atoms with E-state index in [2.05, 4.69) is 0 Å². The standard InChI is InChI=1S/C20H16N2O3/c1-2-15-4-3-5-19(11-15)24-14-20(23)25-18-8-6-16(7-9-18)10-17(12-21)13-22/h3-11H,2,14H2,1H3. The van der Waals surface area contributed by atoms with Crippen LogP contribution in [0.3, 0.4) is 0 Å². The molecule has 2 rings (SSSR count). The first-order valence-electron chi connectivity index (χ1n) is 7.69. The Labute approximate surface area is 146 Å². The molecule has 0 unspecified atom stereocenters. The minimum Gasteiger partial charge on any atom is -0.482 e. The monoisotopic (exact) mass is 332 g/mol. The Morgan fingerprint density at radius 1 is 1.08 bits per heavy atom. The molecule has 0 N–H and O–H groups in total. The largest absolute Gasteiger partial charge is 0.482 e. The summed E-state index contributed by atoms with van der Waals surface area (Å²) in [7, 11) is 0. The number of nitriles is 2. The highest BCUT2D eigenvalue weighted by atomic mass is 16.6. The van der Waals surface area contributed by atoms with Crippen LogP contribution in [0.15, 0.2) is 54.1 Å². The third-order valence-corrected chi connectivity index (χ3v) is 3.33. The average Bonchev–Trinajstić information content (AvgIpc) is 2.66. The van der Waals surface area contributed by atoms with Crippen molar-refractivity contribution in [1.82, 2.24) is 0 Å². The maximum Gasteiger partial charge on any atom is 0.349 e. The lowest BCUT2D eigenvalue weighted by Gasteiger charge is -2.08. The van der Waals surface area contributed by atoms with Crippen molar-refractivity contribution >= 4 is 12.0 Å². The van der Waals surface area contributed by atoms with Gasteiger partial charge in [0.2, 0.25) is 0 Å². The van der Waals surface area contributed by atoms with Crippen molar-refractivity contribution in [2.24, 2.45) is 0 Å². The number of aryl methyl sites for hydroxylation is 1. The van der Waals surface area contributed by atoms with E-state index in [1.807, 2.05) is 25.1 Å². The zero-order chi connectivity index (χ0) is 18.1. The van der Waals surface area contributed by atoms with Crippen LogP contribution in [0.25, 0.3) is 6.08 Å². The molecule has 0 radical (unpaired) electrons. The lowest BCUT2D eigenvalue weighted by atomic mass is 10.1. The van der Waals surface area contributed by atoms with Gasteiger partial charge in [0.05, 0.1) is 0 Å². The smallest absolute Gasteiger partial charge is 0.349 e. The van der Waals surface area contributed by atoms with Crippen LogP contribution in [0, 0.1) is 22.7 Å². The number of carbonyl (C=O) groups excluding carboxylic acids is 1. The zero-order valence-corrected chi connectivity index (χ0v) is 13.7. The minimum absolute atomic E-state index is 0.00690. The molecule has 0 aliphatic rings. The van der Waals surface area contributed by atoms with Crippen LogP contribution in [0.4, 0.5) is 0 Å². The molecule has 0 amide bonds. The van der Waals surface area contributed by atoms with Gasteiger partial charge in [-0.3, -0.25) is 0 Å². The molecule has 0 saturated heterocycles. The summed E-state index contributed by atoms with van der Waals surface area (Å²) in [6.07, 6.45) is 2.34. The minimum atomic E-state index is -0.514. The van der Waals surface area contributed by atoms with Gasteiger partial charge in [0.15, 0.2) is 6.61 Å². The summed E-state index contributed by atoms with van der Waals surface area (Å²) in [5.74, 6) is 0.473. The van der Waals surface area contributed by atoms with E-state index in [1.54, 1.807) is 42.5 Å². The number of hydrogen-bond acceptors (Lipinski definition) is 5. The number of allylic oxidation sites excluding steroid dienone is 1. The highest BCUT2D eigenvalue weighted by Crippen LogP contribution is 2.16. The van der Waals surface area contributed by atoms with E-state index >= 15 is 0 Å². The SMILES string of the molecule is CCc1cccc(OCC(=O)Oc2ccc(C=C(C#N)C#N)cc2)c1. The van der Waals surface area contributed by atoms with Crippen LogP contribution >= 0.6 is 0 Å². The van der Waals surface area contributed by atoms with Crippen LogP contribution in [-0.2, 0) is 11.2 Å². The van der Waals surface area contributed by atoms with Gasteiger partial charge in [0.1, 0.15) is 29.2 Å². The molecular weight excluding hydrogens is 316 g/mol. The Bertz CT molecular complexity index is 840. The second kappa shape index (κ2) is 8.90. The molecule has 0 aromatic heterocycles. The van der Waals surface area contributed by atoms with Crippen molar-refractivity contribution in [2.75, 3.05) is 6.61 Å². The molecule has 0 spiro atoms. The summed E-state index contributed by atoms with van der Waals surface area (Å²) in [6.45, 7) is 1.85. The topological polar surface area (TPSA) is 83.1 Å². The Hall–Kier alpha value is -3.57. The highest BCUT2D eigenvalue weighted by molar-refractivity contribution is 5.74. The highest BCUT2D eigenvalue weighted by Gasteiger charge is 2.07. The van der Waals surface area contributed by atoms with Crippen molar-refractivity contribution in [3.05, 3.63) is 65.2 Å². The molecule has 5 heteroatoms. The summed E-state index contributed by atoms with van der Waals surface area (Å²) in [5.41, 5.74) is 1.81. The summed E-state index contributed by atoms with van der Waals surface area (Å²) in [4.78, 5) is 11.9. The van der Waals surface area contributed by atoms with E-state index in [1.165, 1.54) is 6.08 Å². The van der Waals surface area contributed by atoms with Crippen molar-refractivity contribution in [3.63, 3.8) is 0 Å². The summed E-state index contributed by atoms with van der Waals surface area (Å²) in [6, 6.07) is 17.6. The number of esters is 1. The lowest BCUT2D eigenvalue weighted by molar-refractivity contribution is -0.136. The van der Waals surface area contributed by atoms with Crippen LogP contribution < -0.4 is 9.47 Å². The maximum absolute atomic E-state index is 11.9. The second-order valence-electron chi connectivity index (χ2n) is 5.11. The van der Waals surface area contributed by atoms with Crippen LogP contribution in [-0.4, -0.2) is 12.6 Å². The van der Waals surface area contributed by atoms with E-state index in [4.69, 9.17) is 20.0 Å². The fourth-order valence-electron chi connectivity index (χ4n) is 2.05. The summed E-state index contributed by atoms with van der Waals surface area (Å²) in [5, 5.41) is 17.4. The molecule has 0 heterocycles. The number of nitrogens with zero attached hydrogens (tertiary/aromatic N) is 2. The Balaban J connectivity index is 1.91. The van der Waals surface area contributed by atoms with Gasteiger partial charge in [-0.2, -0.15) is 10.5 Å². The lowest BCUT2D eigenvalue weighted by Crippen LogP contribution is -2.17. The molecule has 0 saturated carbocycles. The normalized spacial score (nSPS) is 9.40. The van der Waals surface area contributed by atoms with E-state index in [-0.39, 0.29) is 12.2 Å². The van der Waals surface area contributed by atoms with Gasteiger partial charge in [-0.25, -0.2) is 4.79 Å². The molecule has 0 aliphatic carbocycles. The van der Waals surface area contributed by atoms with Gasteiger partial charge in [-0.1, -0.05) is 31.2 Å². The first-order valence-corrected chi connectivity index (χ1v) is 7.69. The van der Waals surface area contributed by atoms with Crippen LogP contribution in [0.2, 0.25) is 0 Å². The number of hydrogen-bond donors (Lipinski definition) is 0. The van der Waals surface area contributed by atoms with Crippen molar-refractivity contribution in [1.29, 1.82) is 10.5 Å². The van der Waals surface area contributed by atoms with Crippen molar-refractivity contribution in [3.8, 4) is 23.6 Å². The molecule has 0 aliphatic heterocycles. The van der Waals surface area contributed by atoms with Crippen LogP contribution in [0.5, 0.6) is 11.5 Å². The number of benzene rings is 2. The van der Waals surface area contributed by atoms with Crippen LogP contribution in [0.1, 0.15) is 18.1 Å². The zero-order valence-electron chi connectivity index (χ0n) is 13.7. The van der Waals surface area contributed by atoms with Gasteiger partial charge in [-0.15, -0.1) is 0 Å². The molecule has 2 aromatic carbocycles. The predicted octanol–water partition coefficient (Wildman–Crippen LogP) is 3.66. The van der Waals surface area contributed by atoms with Gasteiger partial charge in [0, 0.05) is 0 Å². The van der Waals surface area contributed by atoms with Gasteiger partial charge in [0.25, 0.3) is 0 Å². The number of carbonyl (C=O) groups is 1. The molecule has 0 bridgehead atoms. The van der Waals surface area contributed by atoms with E-state index in [0.717, 1.165) is 12.0 Å². The number of rotatable bonds is 6. The second-order valence-corrected chi connectivity index (χ2v) is 5.11. The first-order chi connectivity index (χ1) is 12.1. The number of ether oxygens (including phenoxy) is 2. The Kier molecular flexibility index (Phi) is 6.33. The maximum atomic E-state index is 11.9. The summed E-state index contributed by atoms with van der Waals surface area (Å²) >= 11 is 0. The summed E-state index contributed by atoms with van der Waals surface area (Å²) < 4.78 is 10.6. The van der Waals surface area contributed by atoms with E-state index in [0.29, 0.717) is 17.1 Å². The van der Waals surface area contributed by atoms with E-state index < -0.39 is 5.97 Å². The van der Waals surface area contributed by atoms with Gasteiger partial charge < -0.3 is 9.47 Å². The molecule has 0 fully saturated rings. The Morgan fingerprint density at radius 3 is 2.44 bits per heavy atom. The van der Waals surface area contributed by atoms with Gasteiger partial charge >= 0.3 is 5.97 Å². The molecule has 5 nitrogen and oxygen atoms in total. The fourth-order valence-corrected chi connectivity index (χ4v) is 2.05. The first kappa shape index (κ1) is 17.8. The van der Waals surface area contributed by atoms with Crippen molar-refractivity contribution in [2.45, 2.75) is 13.3 Å². The Morgan fingerprint density at radius 2 is 1.80 bits per heavy atom.